The first-order valence-electron chi connectivity index (χ1n) is 4.33. The highest BCUT2D eigenvalue weighted by molar-refractivity contribution is 5.32. The summed E-state index contributed by atoms with van der Waals surface area (Å²) in [6.45, 7) is 12.1. The van der Waals surface area contributed by atoms with Crippen molar-refractivity contribution < 1.29 is 0 Å². The third-order valence-electron chi connectivity index (χ3n) is 1.79. The van der Waals surface area contributed by atoms with Crippen molar-refractivity contribution in [1.29, 1.82) is 0 Å². The minimum atomic E-state index is 0.537. The summed E-state index contributed by atoms with van der Waals surface area (Å²) in [5.41, 5.74) is 5.37. The molecule has 0 spiro atoms. The summed E-state index contributed by atoms with van der Waals surface area (Å²) in [6, 6.07) is 0. The van der Waals surface area contributed by atoms with Crippen LogP contribution in [0.4, 0.5) is 0 Å². The smallest absolute Gasteiger partial charge is 0.00630 e. The van der Waals surface area contributed by atoms with Crippen LogP contribution in [0.15, 0.2) is 41.7 Å². The molecule has 0 saturated heterocycles. The molecule has 0 aromatic carbocycles. The van der Waals surface area contributed by atoms with Crippen LogP contribution in [0.2, 0.25) is 0 Å². The Morgan fingerprint density at radius 1 is 1.42 bits per heavy atom. The van der Waals surface area contributed by atoms with Crippen LogP contribution >= 0.6 is 0 Å². The molecule has 66 valence electrons. The van der Waals surface area contributed by atoms with E-state index in [1.165, 1.54) is 5.57 Å². The van der Waals surface area contributed by atoms with Crippen LogP contribution in [0.25, 0.3) is 0 Å². The van der Waals surface area contributed by atoms with Gasteiger partial charge in [0.25, 0.3) is 0 Å². The van der Waals surface area contributed by atoms with Gasteiger partial charge in [-0.2, -0.15) is 0 Å². The standard InChI is InChI=1S/C12H18/c1-6-8-9-12(10(3)4)11(5)7-2/h6,8-10H,2H2,1,3-5H3/b8-6-,12-9+. The third kappa shape index (κ3) is 3.41. The van der Waals surface area contributed by atoms with Crippen molar-refractivity contribution >= 4 is 0 Å². The van der Waals surface area contributed by atoms with E-state index in [9.17, 15) is 0 Å². The van der Waals surface area contributed by atoms with Gasteiger partial charge in [0.15, 0.2) is 0 Å². The quantitative estimate of drug-likeness (QED) is 0.436. The van der Waals surface area contributed by atoms with Gasteiger partial charge in [0.1, 0.15) is 0 Å². The van der Waals surface area contributed by atoms with Crippen molar-refractivity contribution in [3.8, 4) is 0 Å². The van der Waals surface area contributed by atoms with Crippen LogP contribution in [0.5, 0.6) is 0 Å². The predicted molar refractivity (Wildman–Crippen MR) is 56.1 cm³/mol. The van der Waals surface area contributed by atoms with Crippen molar-refractivity contribution in [3.05, 3.63) is 41.7 Å². The molecule has 0 saturated carbocycles. The van der Waals surface area contributed by atoms with E-state index in [2.05, 4.69) is 38.3 Å². The molecular weight excluding hydrogens is 144 g/mol. The van der Waals surface area contributed by atoms with Crippen molar-refractivity contribution in [2.75, 3.05) is 0 Å². The van der Waals surface area contributed by atoms with E-state index in [-0.39, 0.29) is 0 Å². The summed E-state index contributed by atoms with van der Waals surface area (Å²) in [6.07, 6.45) is 6.20. The molecule has 0 bridgehead atoms. The minimum Gasteiger partial charge on any atom is -0.125 e. The molecular formula is C12H18. The van der Waals surface area contributed by atoms with Crippen LogP contribution in [0.1, 0.15) is 27.7 Å². The Balaban J connectivity index is 4.79. The van der Waals surface area contributed by atoms with Crippen LogP contribution in [0, 0.1) is 5.92 Å². The van der Waals surface area contributed by atoms with Crippen LogP contribution in [0.3, 0.4) is 0 Å². The summed E-state index contributed by atoms with van der Waals surface area (Å²) >= 11 is 0. The normalized spacial score (nSPS) is 12.2. The summed E-state index contributed by atoms with van der Waals surface area (Å²) in [4.78, 5) is 0. The molecule has 0 nitrogen and oxygen atoms in total. The van der Waals surface area contributed by atoms with E-state index in [1.807, 2.05) is 19.9 Å². The van der Waals surface area contributed by atoms with E-state index in [1.54, 1.807) is 0 Å². The SMILES string of the molecule is C=C=C(C)/C(=C/C=C\C)C(C)C. The molecule has 0 aromatic heterocycles. The molecule has 0 unspecified atom stereocenters. The third-order valence-corrected chi connectivity index (χ3v) is 1.79. The molecule has 0 heterocycles. The fourth-order valence-corrected chi connectivity index (χ4v) is 1.05. The molecule has 0 aromatic rings. The van der Waals surface area contributed by atoms with Gasteiger partial charge in [0.05, 0.1) is 0 Å². The zero-order valence-corrected chi connectivity index (χ0v) is 8.52. The zero-order valence-electron chi connectivity index (χ0n) is 8.52. The summed E-state index contributed by atoms with van der Waals surface area (Å²) in [7, 11) is 0. The monoisotopic (exact) mass is 162 g/mol. The topological polar surface area (TPSA) is 0 Å². The number of hydrogen-bond donors (Lipinski definition) is 0. The second kappa shape index (κ2) is 5.62. The van der Waals surface area contributed by atoms with E-state index in [0.717, 1.165) is 5.57 Å². The molecule has 0 aliphatic heterocycles. The van der Waals surface area contributed by atoms with E-state index >= 15 is 0 Å². The largest absolute Gasteiger partial charge is 0.125 e. The lowest BCUT2D eigenvalue weighted by Gasteiger charge is -2.08. The number of rotatable bonds is 3. The maximum atomic E-state index is 3.65. The molecule has 0 atom stereocenters. The highest BCUT2D eigenvalue weighted by Crippen LogP contribution is 2.17. The first-order chi connectivity index (χ1) is 5.63. The second-order valence-corrected chi connectivity index (χ2v) is 3.10. The van der Waals surface area contributed by atoms with Gasteiger partial charge < -0.3 is 0 Å². The molecule has 0 radical (unpaired) electrons. The highest BCUT2D eigenvalue weighted by atomic mass is 14.1. The van der Waals surface area contributed by atoms with Gasteiger partial charge in [-0.15, -0.1) is 5.73 Å². The lowest BCUT2D eigenvalue weighted by Crippen LogP contribution is -1.94. The molecule has 12 heavy (non-hydrogen) atoms. The van der Waals surface area contributed by atoms with Gasteiger partial charge in [-0.05, 0) is 30.9 Å². The Morgan fingerprint density at radius 2 is 2.00 bits per heavy atom. The molecule has 0 aliphatic rings. The zero-order chi connectivity index (χ0) is 9.56. The lowest BCUT2D eigenvalue weighted by molar-refractivity contribution is 0.778. The Morgan fingerprint density at radius 3 is 2.33 bits per heavy atom. The maximum Gasteiger partial charge on any atom is -0.00630 e. The Bertz CT molecular complexity index is 233. The van der Waals surface area contributed by atoms with E-state index < -0.39 is 0 Å². The van der Waals surface area contributed by atoms with Gasteiger partial charge in [0, 0.05) is 0 Å². The van der Waals surface area contributed by atoms with Crippen molar-refractivity contribution in [3.63, 3.8) is 0 Å². The van der Waals surface area contributed by atoms with Gasteiger partial charge in [0.2, 0.25) is 0 Å². The first-order valence-corrected chi connectivity index (χ1v) is 4.33. The summed E-state index contributed by atoms with van der Waals surface area (Å²) in [5, 5.41) is 0. The minimum absolute atomic E-state index is 0.537. The van der Waals surface area contributed by atoms with Crippen LogP contribution in [-0.2, 0) is 0 Å². The highest BCUT2D eigenvalue weighted by Gasteiger charge is 2.02. The van der Waals surface area contributed by atoms with Gasteiger partial charge in [-0.25, -0.2) is 0 Å². The Labute approximate surface area is 76.0 Å². The summed E-state index contributed by atoms with van der Waals surface area (Å²) < 4.78 is 0. The summed E-state index contributed by atoms with van der Waals surface area (Å²) in [5.74, 6) is 0.537. The molecule has 0 N–H and O–H groups in total. The van der Waals surface area contributed by atoms with Crippen LogP contribution in [-0.4, -0.2) is 0 Å². The van der Waals surface area contributed by atoms with Gasteiger partial charge in [-0.3, -0.25) is 0 Å². The lowest BCUT2D eigenvalue weighted by atomic mass is 9.96. The van der Waals surface area contributed by atoms with Crippen LogP contribution < -0.4 is 0 Å². The van der Waals surface area contributed by atoms with Gasteiger partial charge in [-0.1, -0.05) is 38.7 Å². The molecule has 0 heteroatoms. The molecule has 0 rings (SSSR count). The first kappa shape index (κ1) is 11.0. The number of hydrogen-bond acceptors (Lipinski definition) is 0. The maximum absolute atomic E-state index is 3.65. The number of allylic oxidation sites excluding steroid dienone is 5. The fraction of sp³-hybridized carbons (Fsp3) is 0.417. The molecule has 0 fully saturated rings. The Hall–Kier alpha value is -1.00. The average molecular weight is 162 g/mol. The van der Waals surface area contributed by atoms with Crippen molar-refractivity contribution in [2.24, 2.45) is 5.92 Å². The van der Waals surface area contributed by atoms with Gasteiger partial charge >= 0.3 is 0 Å². The van der Waals surface area contributed by atoms with E-state index in [4.69, 9.17) is 0 Å². The van der Waals surface area contributed by atoms with E-state index in [0.29, 0.717) is 5.92 Å². The van der Waals surface area contributed by atoms with Crippen molar-refractivity contribution in [2.45, 2.75) is 27.7 Å². The fourth-order valence-electron chi connectivity index (χ4n) is 1.05. The second-order valence-electron chi connectivity index (χ2n) is 3.10. The predicted octanol–water partition coefficient (Wildman–Crippen LogP) is 3.88. The molecule has 0 aliphatic carbocycles. The molecule has 0 amide bonds. The Kier molecular flexibility index (Phi) is 5.16. The average Bonchev–Trinajstić information content (AvgIpc) is 2.04. The van der Waals surface area contributed by atoms with Crippen molar-refractivity contribution in [1.82, 2.24) is 0 Å².